The van der Waals surface area contributed by atoms with Crippen LogP contribution in [-0.2, 0) is 0 Å². The number of nitrogens with one attached hydrogen (secondary N) is 1. The van der Waals surface area contributed by atoms with Gasteiger partial charge in [0.05, 0.1) is 17.4 Å². The molecule has 0 atom stereocenters. The van der Waals surface area contributed by atoms with Gasteiger partial charge in [0.1, 0.15) is 0 Å². The summed E-state index contributed by atoms with van der Waals surface area (Å²) in [5, 5.41) is 10.9. The summed E-state index contributed by atoms with van der Waals surface area (Å²) in [5.41, 5.74) is 6.57. The number of hydrogen-bond acceptors (Lipinski definition) is 4. The molecule has 0 spiro atoms. The first kappa shape index (κ1) is 15.2. The fourth-order valence-corrected chi connectivity index (χ4v) is 2.15. The molecule has 2 rings (SSSR count). The van der Waals surface area contributed by atoms with Gasteiger partial charge in [-0.05, 0) is 25.0 Å². The monoisotopic (exact) mass is 287 g/mol. The molecule has 6 nitrogen and oxygen atoms in total. The third kappa shape index (κ3) is 3.28. The number of rotatable bonds is 6. The topological polar surface area (TPSA) is 85.8 Å². The molecule has 2 aromatic rings. The SMILES string of the molecule is CCC(CC)(CN)NC(=O)c1cn(-c2ccccc2)nn1. The van der Waals surface area contributed by atoms with Gasteiger partial charge >= 0.3 is 0 Å². The first-order valence-electron chi connectivity index (χ1n) is 7.14. The van der Waals surface area contributed by atoms with Crippen LogP contribution in [0.4, 0.5) is 0 Å². The summed E-state index contributed by atoms with van der Waals surface area (Å²) < 4.78 is 1.58. The summed E-state index contributed by atoms with van der Waals surface area (Å²) in [7, 11) is 0. The van der Waals surface area contributed by atoms with Crippen molar-refractivity contribution in [2.24, 2.45) is 5.73 Å². The van der Waals surface area contributed by atoms with E-state index in [-0.39, 0.29) is 11.4 Å². The number of nitrogens with two attached hydrogens (primary N) is 1. The number of carbonyl (C=O) groups excluding carboxylic acids is 1. The smallest absolute Gasteiger partial charge is 0.273 e. The molecule has 0 bridgehead atoms. The van der Waals surface area contributed by atoms with E-state index in [1.54, 1.807) is 10.9 Å². The molecule has 0 aliphatic rings. The van der Waals surface area contributed by atoms with Crippen LogP contribution in [0.15, 0.2) is 36.5 Å². The minimum absolute atomic E-state index is 0.244. The van der Waals surface area contributed by atoms with E-state index in [0.29, 0.717) is 12.2 Å². The Hall–Kier alpha value is -2.21. The van der Waals surface area contributed by atoms with Gasteiger partial charge in [-0.3, -0.25) is 4.79 Å². The van der Waals surface area contributed by atoms with Gasteiger partial charge in [0.25, 0.3) is 5.91 Å². The van der Waals surface area contributed by atoms with E-state index in [1.807, 2.05) is 44.2 Å². The van der Waals surface area contributed by atoms with Crippen molar-refractivity contribution in [2.75, 3.05) is 6.54 Å². The second-order valence-electron chi connectivity index (χ2n) is 5.03. The van der Waals surface area contributed by atoms with Crippen molar-refractivity contribution in [1.29, 1.82) is 0 Å². The third-order valence-corrected chi connectivity index (χ3v) is 3.87. The Kier molecular flexibility index (Phi) is 4.70. The molecule has 0 aliphatic carbocycles. The van der Waals surface area contributed by atoms with Crippen molar-refractivity contribution < 1.29 is 4.79 Å². The van der Waals surface area contributed by atoms with Crippen LogP contribution in [0.1, 0.15) is 37.2 Å². The summed E-state index contributed by atoms with van der Waals surface area (Å²) in [5.74, 6) is -0.244. The number of benzene rings is 1. The Morgan fingerprint density at radius 1 is 1.29 bits per heavy atom. The maximum atomic E-state index is 12.3. The van der Waals surface area contributed by atoms with Crippen LogP contribution in [0.25, 0.3) is 5.69 Å². The van der Waals surface area contributed by atoms with E-state index in [1.165, 1.54) is 0 Å². The van der Waals surface area contributed by atoms with E-state index in [2.05, 4.69) is 15.6 Å². The van der Waals surface area contributed by atoms with E-state index in [0.717, 1.165) is 18.5 Å². The fourth-order valence-electron chi connectivity index (χ4n) is 2.15. The Morgan fingerprint density at radius 3 is 2.52 bits per heavy atom. The summed E-state index contributed by atoms with van der Waals surface area (Å²) in [4.78, 5) is 12.3. The molecule has 1 aromatic carbocycles. The van der Waals surface area contributed by atoms with E-state index >= 15 is 0 Å². The highest BCUT2D eigenvalue weighted by Crippen LogP contribution is 2.14. The van der Waals surface area contributed by atoms with Crippen molar-refractivity contribution in [3.63, 3.8) is 0 Å². The third-order valence-electron chi connectivity index (χ3n) is 3.87. The van der Waals surface area contributed by atoms with Crippen LogP contribution in [0.3, 0.4) is 0 Å². The molecule has 0 radical (unpaired) electrons. The Labute approximate surface area is 124 Å². The zero-order chi connectivity index (χ0) is 15.3. The molecule has 0 aliphatic heterocycles. The molecule has 6 heteroatoms. The van der Waals surface area contributed by atoms with Crippen molar-refractivity contribution >= 4 is 5.91 Å². The molecule has 112 valence electrons. The van der Waals surface area contributed by atoms with E-state index in [4.69, 9.17) is 5.73 Å². The van der Waals surface area contributed by atoms with Gasteiger partial charge < -0.3 is 11.1 Å². The molecule has 1 amide bonds. The number of carbonyl (C=O) groups is 1. The van der Waals surface area contributed by atoms with Crippen LogP contribution in [0.5, 0.6) is 0 Å². The molecule has 0 saturated carbocycles. The van der Waals surface area contributed by atoms with Gasteiger partial charge in [0, 0.05) is 6.54 Å². The van der Waals surface area contributed by atoms with Gasteiger partial charge in [0.2, 0.25) is 0 Å². The van der Waals surface area contributed by atoms with Crippen molar-refractivity contribution in [3.8, 4) is 5.69 Å². The molecule has 3 N–H and O–H groups in total. The van der Waals surface area contributed by atoms with Crippen LogP contribution in [-0.4, -0.2) is 33.0 Å². The second-order valence-corrected chi connectivity index (χ2v) is 5.03. The largest absolute Gasteiger partial charge is 0.344 e. The van der Waals surface area contributed by atoms with Crippen molar-refractivity contribution in [2.45, 2.75) is 32.2 Å². The zero-order valence-electron chi connectivity index (χ0n) is 12.4. The van der Waals surface area contributed by atoms with Gasteiger partial charge in [-0.25, -0.2) is 4.68 Å². The lowest BCUT2D eigenvalue weighted by molar-refractivity contribution is 0.0890. The van der Waals surface area contributed by atoms with Gasteiger partial charge in [0.15, 0.2) is 5.69 Å². The summed E-state index contributed by atoms with van der Waals surface area (Å²) >= 11 is 0. The lowest BCUT2D eigenvalue weighted by Gasteiger charge is -2.30. The lowest BCUT2D eigenvalue weighted by Crippen LogP contribution is -2.53. The molecule has 0 unspecified atom stereocenters. The highest BCUT2D eigenvalue weighted by atomic mass is 16.2. The molecule has 0 saturated heterocycles. The number of para-hydroxylation sites is 1. The molecule has 1 heterocycles. The number of aromatic nitrogens is 3. The van der Waals surface area contributed by atoms with Gasteiger partial charge in [-0.1, -0.05) is 37.3 Å². The summed E-state index contributed by atoms with van der Waals surface area (Å²) in [6.07, 6.45) is 3.17. The van der Waals surface area contributed by atoms with Gasteiger partial charge in [-0.15, -0.1) is 5.10 Å². The van der Waals surface area contributed by atoms with Crippen LogP contribution < -0.4 is 11.1 Å². The Morgan fingerprint density at radius 2 is 1.95 bits per heavy atom. The second kappa shape index (κ2) is 6.49. The molecule has 0 fully saturated rings. The first-order valence-corrected chi connectivity index (χ1v) is 7.14. The molecular weight excluding hydrogens is 266 g/mol. The Balaban J connectivity index is 2.16. The van der Waals surface area contributed by atoms with Crippen LogP contribution >= 0.6 is 0 Å². The maximum Gasteiger partial charge on any atom is 0.273 e. The van der Waals surface area contributed by atoms with Gasteiger partial charge in [-0.2, -0.15) is 0 Å². The molecular formula is C15H21N5O. The predicted octanol–water partition coefficient (Wildman–Crippen LogP) is 1.51. The zero-order valence-corrected chi connectivity index (χ0v) is 12.4. The number of nitrogens with zero attached hydrogens (tertiary/aromatic N) is 3. The Bertz CT molecular complexity index is 581. The average molecular weight is 287 g/mol. The fraction of sp³-hybridized carbons (Fsp3) is 0.400. The van der Waals surface area contributed by atoms with E-state index < -0.39 is 0 Å². The lowest BCUT2D eigenvalue weighted by atomic mass is 9.93. The maximum absolute atomic E-state index is 12.3. The summed E-state index contributed by atoms with van der Waals surface area (Å²) in [6, 6.07) is 9.54. The van der Waals surface area contributed by atoms with E-state index in [9.17, 15) is 4.79 Å². The standard InChI is InChI=1S/C15H21N5O/c1-3-15(4-2,11-16)17-14(21)13-10-20(19-18-13)12-8-6-5-7-9-12/h5-10H,3-4,11,16H2,1-2H3,(H,17,21). The highest BCUT2D eigenvalue weighted by Gasteiger charge is 2.27. The minimum atomic E-state index is -0.381. The first-order chi connectivity index (χ1) is 10.1. The molecule has 1 aromatic heterocycles. The van der Waals surface area contributed by atoms with Crippen molar-refractivity contribution in [1.82, 2.24) is 20.3 Å². The summed E-state index contributed by atoms with van der Waals surface area (Å²) in [6.45, 7) is 4.42. The molecule has 21 heavy (non-hydrogen) atoms. The normalized spacial score (nSPS) is 11.4. The predicted molar refractivity (Wildman–Crippen MR) is 81.2 cm³/mol. The van der Waals surface area contributed by atoms with Crippen LogP contribution in [0, 0.1) is 0 Å². The number of amides is 1. The number of hydrogen-bond donors (Lipinski definition) is 2. The highest BCUT2D eigenvalue weighted by molar-refractivity contribution is 5.92. The quantitative estimate of drug-likeness (QED) is 0.843. The minimum Gasteiger partial charge on any atom is -0.344 e. The average Bonchev–Trinajstić information content (AvgIpc) is 3.04. The van der Waals surface area contributed by atoms with Crippen LogP contribution in [0.2, 0.25) is 0 Å². The van der Waals surface area contributed by atoms with Crippen molar-refractivity contribution in [3.05, 3.63) is 42.2 Å².